The molecule has 1 aliphatic rings. The van der Waals surface area contributed by atoms with Gasteiger partial charge in [-0.2, -0.15) is 0 Å². The van der Waals surface area contributed by atoms with Crippen LogP contribution < -0.4 is 10.6 Å². The van der Waals surface area contributed by atoms with Crippen LogP contribution in [0.4, 0.5) is 14.5 Å². The minimum Gasteiger partial charge on any atom is -0.316 e. The van der Waals surface area contributed by atoms with Crippen molar-refractivity contribution in [3.8, 4) is 0 Å². The van der Waals surface area contributed by atoms with E-state index < -0.39 is 17.7 Å². The molecule has 0 aromatic heterocycles. The third-order valence-electron chi connectivity index (χ3n) is 3.42. The Labute approximate surface area is 124 Å². The normalized spacial score (nSPS) is 17.2. The number of likely N-dealkylation sites (N-methyl/N-ethyl adjacent to an activating group) is 1. The van der Waals surface area contributed by atoms with E-state index in [0.29, 0.717) is 4.90 Å². The Morgan fingerprint density at radius 1 is 1.19 bits per heavy atom. The highest BCUT2D eigenvalue weighted by Gasteiger charge is 2.32. The number of hydrogen-bond donors (Lipinski definition) is 1. The van der Waals surface area contributed by atoms with Gasteiger partial charge in [-0.25, -0.2) is 8.78 Å². The zero-order valence-electron chi connectivity index (χ0n) is 11.1. The molecule has 21 heavy (non-hydrogen) atoms. The first kappa shape index (κ1) is 14.0. The van der Waals surface area contributed by atoms with Gasteiger partial charge in [-0.15, -0.1) is 0 Å². The van der Waals surface area contributed by atoms with Crippen molar-refractivity contribution in [1.82, 2.24) is 0 Å². The Kier molecular flexibility index (Phi) is 3.43. The lowest BCUT2D eigenvalue weighted by atomic mass is 10.1. The molecule has 0 bridgehead atoms. The van der Waals surface area contributed by atoms with Crippen LogP contribution in [0, 0.1) is 11.6 Å². The van der Waals surface area contributed by atoms with Crippen LogP contribution >= 0.6 is 11.8 Å². The maximum Gasteiger partial charge on any atom is 0.248 e. The summed E-state index contributed by atoms with van der Waals surface area (Å²) in [7, 11) is 1.65. The number of halogens is 2. The minimum atomic E-state index is -0.647. The first-order chi connectivity index (χ1) is 9.97. The Hall–Kier alpha value is -1.92. The third kappa shape index (κ3) is 2.41. The lowest BCUT2D eigenvalue weighted by Gasteiger charge is -2.11. The molecule has 0 saturated carbocycles. The topological polar surface area (TPSA) is 46.3 Å². The summed E-state index contributed by atoms with van der Waals surface area (Å²) in [6.45, 7) is 0. The van der Waals surface area contributed by atoms with Crippen LogP contribution in [0.25, 0.3) is 0 Å². The average Bonchev–Trinajstić information content (AvgIpc) is 2.67. The highest BCUT2D eigenvalue weighted by atomic mass is 32.2. The zero-order valence-corrected chi connectivity index (χ0v) is 12.0. The lowest BCUT2D eigenvalue weighted by molar-refractivity contribution is -0.118. The highest BCUT2D eigenvalue weighted by molar-refractivity contribution is 7.99. The summed E-state index contributed by atoms with van der Waals surface area (Å²) in [4.78, 5) is 14.4. The minimum absolute atomic E-state index is 0.167. The highest BCUT2D eigenvalue weighted by Crippen LogP contribution is 2.38. The Morgan fingerprint density at radius 2 is 1.95 bits per heavy atom. The molecule has 1 atom stereocenters. The van der Waals surface area contributed by atoms with Crippen molar-refractivity contribution in [3.05, 3.63) is 53.6 Å². The number of nitrogens with two attached hydrogens (primary N) is 1. The molecule has 0 aliphatic carbocycles. The van der Waals surface area contributed by atoms with Gasteiger partial charge < -0.3 is 10.6 Å². The summed E-state index contributed by atoms with van der Waals surface area (Å²) in [6.07, 6.45) is 0. The van der Waals surface area contributed by atoms with Crippen LogP contribution in [0.3, 0.4) is 0 Å². The van der Waals surface area contributed by atoms with Crippen LogP contribution in [0.1, 0.15) is 11.6 Å². The van der Waals surface area contributed by atoms with Gasteiger partial charge in [-0.05, 0) is 24.3 Å². The fourth-order valence-electron chi connectivity index (χ4n) is 2.29. The van der Waals surface area contributed by atoms with E-state index in [-0.39, 0.29) is 5.91 Å². The SMILES string of the molecule is CN1C(=O)C(N)c2ccc(Sc3ccc(F)cc3F)cc21. The van der Waals surface area contributed by atoms with Gasteiger partial charge in [0.2, 0.25) is 5.91 Å². The Bertz CT molecular complexity index is 736. The van der Waals surface area contributed by atoms with Gasteiger partial charge in [0.15, 0.2) is 0 Å². The maximum atomic E-state index is 13.7. The predicted molar refractivity (Wildman–Crippen MR) is 77.3 cm³/mol. The number of nitrogens with zero attached hydrogens (tertiary/aromatic N) is 1. The second-order valence-corrected chi connectivity index (χ2v) is 5.89. The predicted octanol–water partition coefficient (Wildman–Crippen LogP) is 3.09. The quantitative estimate of drug-likeness (QED) is 0.927. The van der Waals surface area contributed by atoms with E-state index in [1.54, 1.807) is 25.2 Å². The van der Waals surface area contributed by atoms with E-state index in [1.165, 1.54) is 28.8 Å². The molecule has 6 heteroatoms. The van der Waals surface area contributed by atoms with Gasteiger partial charge in [-0.3, -0.25) is 4.79 Å². The van der Waals surface area contributed by atoms with Crippen molar-refractivity contribution in [2.75, 3.05) is 11.9 Å². The van der Waals surface area contributed by atoms with Gasteiger partial charge in [-0.1, -0.05) is 17.8 Å². The smallest absolute Gasteiger partial charge is 0.248 e. The molecule has 1 amide bonds. The van der Waals surface area contributed by atoms with E-state index in [1.807, 2.05) is 0 Å². The molecule has 2 aromatic rings. The molecular formula is C15H12F2N2OS. The number of benzene rings is 2. The molecule has 0 radical (unpaired) electrons. The Morgan fingerprint density at radius 3 is 2.67 bits per heavy atom. The second kappa shape index (κ2) is 5.13. The number of anilines is 1. The molecule has 0 saturated heterocycles. The standard InChI is InChI=1S/C15H12F2N2OS/c1-19-12-7-9(3-4-10(12)14(18)15(19)20)21-13-5-2-8(16)6-11(13)17/h2-7,14H,18H2,1H3. The molecule has 1 unspecified atom stereocenters. The van der Waals surface area contributed by atoms with Gasteiger partial charge in [0, 0.05) is 34.2 Å². The van der Waals surface area contributed by atoms with Crippen molar-refractivity contribution in [1.29, 1.82) is 0 Å². The van der Waals surface area contributed by atoms with Crippen LogP contribution in [-0.2, 0) is 4.79 Å². The fourth-order valence-corrected chi connectivity index (χ4v) is 3.14. The van der Waals surface area contributed by atoms with Crippen molar-refractivity contribution in [2.24, 2.45) is 5.73 Å². The van der Waals surface area contributed by atoms with Gasteiger partial charge in [0.25, 0.3) is 0 Å². The van der Waals surface area contributed by atoms with Crippen molar-refractivity contribution < 1.29 is 13.6 Å². The zero-order chi connectivity index (χ0) is 15.1. The summed E-state index contributed by atoms with van der Waals surface area (Å²) in [5.74, 6) is -1.39. The number of hydrogen-bond acceptors (Lipinski definition) is 3. The summed E-state index contributed by atoms with van der Waals surface area (Å²) in [5.41, 5.74) is 7.30. The fraction of sp³-hybridized carbons (Fsp3) is 0.133. The number of carbonyl (C=O) groups is 1. The molecule has 108 valence electrons. The monoisotopic (exact) mass is 306 g/mol. The summed E-state index contributed by atoms with van der Waals surface area (Å²) in [5, 5.41) is 0. The van der Waals surface area contributed by atoms with Gasteiger partial charge in [0.05, 0.1) is 0 Å². The molecule has 2 N–H and O–H groups in total. The molecule has 0 fully saturated rings. The largest absolute Gasteiger partial charge is 0.316 e. The molecular weight excluding hydrogens is 294 g/mol. The van der Waals surface area contributed by atoms with Crippen molar-refractivity contribution >= 4 is 23.4 Å². The molecule has 3 nitrogen and oxygen atoms in total. The van der Waals surface area contributed by atoms with Crippen LogP contribution in [0.2, 0.25) is 0 Å². The van der Waals surface area contributed by atoms with E-state index in [4.69, 9.17) is 5.73 Å². The average molecular weight is 306 g/mol. The third-order valence-corrected chi connectivity index (χ3v) is 4.46. The van der Waals surface area contributed by atoms with Crippen LogP contribution in [0.15, 0.2) is 46.2 Å². The summed E-state index contributed by atoms with van der Waals surface area (Å²) >= 11 is 1.17. The number of fused-ring (bicyclic) bond motifs is 1. The first-order valence-electron chi connectivity index (χ1n) is 6.27. The summed E-state index contributed by atoms with van der Waals surface area (Å²) in [6, 6.07) is 8.14. The van der Waals surface area contributed by atoms with E-state index in [9.17, 15) is 13.6 Å². The maximum absolute atomic E-state index is 13.7. The summed E-state index contributed by atoms with van der Waals surface area (Å²) < 4.78 is 26.6. The molecule has 1 heterocycles. The molecule has 1 aliphatic heterocycles. The lowest BCUT2D eigenvalue weighted by Crippen LogP contribution is -2.27. The van der Waals surface area contributed by atoms with Gasteiger partial charge >= 0.3 is 0 Å². The van der Waals surface area contributed by atoms with Crippen LogP contribution in [0.5, 0.6) is 0 Å². The second-order valence-electron chi connectivity index (χ2n) is 4.77. The number of amides is 1. The van der Waals surface area contributed by atoms with Crippen molar-refractivity contribution in [3.63, 3.8) is 0 Å². The first-order valence-corrected chi connectivity index (χ1v) is 7.09. The van der Waals surface area contributed by atoms with E-state index in [2.05, 4.69) is 0 Å². The molecule has 0 spiro atoms. The Balaban J connectivity index is 1.94. The van der Waals surface area contributed by atoms with Gasteiger partial charge in [0.1, 0.15) is 17.7 Å². The van der Waals surface area contributed by atoms with Crippen molar-refractivity contribution in [2.45, 2.75) is 15.8 Å². The molecule has 2 aromatic carbocycles. The van der Waals surface area contributed by atoms with Crippen LogP contribution in [-0.4, -0.2) is 13.0 Å². The number of rotatable bonds is 2. The molecule has 3 rings (SSSR count). The van der Waals surface area contributed by atoms with E-state index in [0.717, 1.165) is 22.2 Å². The number of carbonyl (C=O) groups excluding carboxylic acids is 1. The van der Waals surface area contributed by atoms with E-state index >= 15 is 0 Å².